The van der Waals surface area contributed by atoms with Crippen LogP contribution in [-0.4, -0.2) is 14.8 Å². The van der Waals surface area contributed by atoms with Crippen LogP contribution >= 0.6 is 0 Å². The zero-order valence-corrected chi connectivity index (χ0v) is 39.8. The summed E-state index contributed by atoms with van der Waals surface area (Å²) in [6.07, 6.45) is 4.08. The van der Waals surface area contributed by atoms with Crippen LogP contribution in [0.15, 0.2) is 272 Å². The Bertz CT molecular complexity index is 4180. The van der Waals surface area contributed by atoms with Crippen LogP contribution in [0.4, 0.5) is 0 Å². The van der Waals surface area contributed by atoms with Gasteiger partial charge in [-0.05, 0) is 156 Å². The lowest BCUT2D eigenvalue weighted by Gasteiger charge is -2.31. The second-order valence-electron chi connectivity index (χ2n) is 18.9. The van der Waals surface area contributed by atoms with Crippen LogP contribution in [0.25, 0.3) is 112 Å². The fourth-order valence-corrected chi connectivity index (χ4v) is 12.1. The molecule has 0 saturated carbocycles. The van der Waals surface area contributed by atoms with Crippen molar-refractivity contribution in [2.75, 3.05) is 0 Å². The number of hydrogen-bond donors (Lipinski definition) is 0. The zero-order valence-electron chi connectivity index (χ0n) is 39.8. The number of hydrogen-bond acceptors (Lipinski definition) is 3. The maximum Gasteiger partial charge on any atom is 0.248 e. The minimum Gasteiger partial charge on any atom is -0.416 e. The van der Waals surface area contributed by atoms with Crippen LogP contribution in [0.1, 0.15) is 22.3 Å². The summed E-state index contributed by atoms with van der Waals surface area (Å²) < 4.78 is 8.51. The molecule has 0 aliphatic heterocycles. The number of aromatic nitrogens is 3. The normalized spacial score (nSPS) is 13.1. The molecular formula is C69H45N3O. The molecule has 1 spiro atoms. The molecule has 0 radical (unpaired) electrons. The molecule has 2 aromatic heterocycles. The van der Waals surface area contributed by atoms with Crippen molar-refractivity contribution in [3.8, 4) is 84.2 Å². The molecule has 4 nitrogen and oxygen atoms in total. The number of rotatable bonds is 9. The number of benzene rings is 10. The highest BCUT2D eigenvalue weighted by atomic mass is 16.4. The molecule has 0 fully saturated rings. The van der Waals surface area contributed by atoms with Crippen molar-refractivity contribution >= 4 is 27.4 Å². The van der Waals surface area contributed by atoms with Crippen molar-refractivity contribution in [3.63, 3.8) is 0 Å². The summed E-state index contributed by atoms with van der Waals surface area (Å²) in [5.74, 6) is 0.992. The number of allylic oxidation sites excluding steroid dienone is 4. The Morgan fingerprint density at radius 2 is 0.808 bits per heavy atom. The monoisotopic (exact) mass is 931 g/mol. The lowest BCUT2D eigenvalue weighted by Crippen LogP contribution is -2.26. The molecule has 14 rings (SSSR count). The van der Waals surface area contributed by atoms with Crippen molar-refractivity contribution < 1.29 is 4.42 Å². The molecular weight excluding hydrogens is 887 g/mol. The van der Waals surface area contributed by atoms with Gasteiger partial charge in [-0.2, -0.15) is 0 Å². The average Bonchev–Trinajstić information content (AvgIpc) is 4.27. The summed E-state index contributed by atoms with van der Waals surface area (Å²) >= 11 is 0. The van der Waals surface area contributed by atoms with Crippen LogP contribution in [0.5, 0.6) is 0 Å². The summed E-state index contributed by atoms with van der Waals surface area (Å²) in [6.45, 7) is 8.79. The molecule has 0 N–H and O–H groups in total. The first-order chi connectivity index (χ1) is 36.1. The summed E-state index contributed by atoms with van der Waals surface area (Å²) in [7, 11) is 0. The molecule has 0 saturated heterocycles. The minimum absolute atomic E-state index is 0.490. The average molecular weight is 932 g/mol. The zero-order chi connectivity index (χ0) is 48.6. The van der Waals surface area contributed by atoms with Gasteiger partial charge in [-0.1, -0.05) is 195 Å². The van der Waals surface area contributed by atoms with E-state index >= 15 is 0 Å². The summed E-state index contributed by atoms with van der Waals surface area (Å²) in [6, 6.07) is 85.2. The van der Waals surface area contributed by atoms with Gasteiger partial charge in [0.25, 0.3) is 0 Å². The Morgan fingerprint density at radius 1 is 0.356 bits per heavy atom. The number of fused-ring (bicyclic) bond motifs is 10. The second-order valence-corrected chi connectivity index (χ2v) is 18.9. The third-order valence-corrected chi connectivity index (χ3v) is 15.2. The van der Waals surface area contributed by atoms with Crippen LogP contribution in [0.3, 0.4) is 0 Å². The molecule has 0 unspecified atom stereocenters. The first-order valence-corrected chi connectivity index (χ1v) is 24.8. The predicted octanol–water partition coefficient (Wildman–Crippen LogP) is 17.6. The van der Waals surface area contributed by atoms with Gasteiger partial charge in [0.05, 0.1) is 16.4 Å². The third kappa shape index (κ3) is 6.40. The van der Waals surface area contributed by atoms with Gasteiger partial charge in [-0.25, -0.2) is 0 Å². The first kappa shape index (κ1) is 42.3. The van der Waals surface area contributed by atoms with Gasteiger partial charge >= 0.3 is 0 Å². The highest BCUT2D eigenvalue weighted by molar-refractivity contribution is 6.12. The maximum atomic E-state index is 6.11. The predicted molar refractivity (Wildman–Crippen MR) is 300 cm³/mol. The van der Waals surface area contributed by atoms with Crippen LogP contribution in [0, 0.1) is 0 Å². The summed E-state index contributed by atoms with van der Waals surface area (Å²) in [4.78, 5) is 0. The van der Waals surface area contributed by atoms with Crippen molar-refractivity contribution in [1.29, 1.82) is 0 Å². The minimum atomic E-state index is -0.510. The van der Waals surface area contributed by atoms with E-state index in [1.807, 2.05) is 36.4 Å². The van der Waals surface area contributed by atoms with E-state index in [1.165, 1.54) is 49.7 Å². The molecule has 73 heavy (non-hydrogen) atoms. The largest absolute Gasteiger partial charge is 0.416 e. The highest BCUT2D eigenvalue weighted by Gasteiger charge is 2.51. The quantitative estimate of drug-likeness (QED) is 0.145. The Hall–Kier alpha value is -9.64. The lowest BCUT2D eigenvalue weighted by molar-refractivity contribution is 0.584. The molecule has 0 bridgehead atoms. The maximum absolute atomic E-state index is 6.11. The molecule has 2 aliphatic carbocycles. The van der Waals surface area contributed by atoms with Gasteiger partial charge in [0.1, 0.15) is 0 Å². The van der Waals surface area contributed by atoms with E-state index in [2.05, 4.69) is 240 Å². The van der Waals surface area contributed by atoms with E-state index in [0.717, 1.165) is 77.9 Å². The number of nitrogens with zero attached hydrogens (tertiary/aromatic N) is 3. The molecule has 342 valence electrons. The second kappa shape index (κ2) is 16.8. The smallest absolute Gasteiger partial charge is 0.248 e. The first-order valence-electron chi connectivity index (χ1n) is 24.8. The molecule has 2 aliphatic rings. The van der Waals surface area contributed by atoms with Crippen LogP contribution < -0.4 is 0 Å². The van der Waals surface area contributed by atoms with Gasteiger partial charge in [-0.3, -0.25) is 0 Å². The van der Waals surface area contributed by atoms with Crippen molar-refractivity contribution in [1.82, 2.24) is 14.8 Å². The molecule has 4 heteroatoms. The standard InChI is InChI=1S/C69H45N3O/c1-3-51-58-38-35-48(43-64(58)69(61(51)4-2)62-29-17-15-27-56(62)57-28-16-18-30-63(57)69)47-36-39-65-59(41-47)60-42-49(37-40-66(60)72(65)50-21-9-6-10-22-50)53-24-12-14-26-55(53)54-25-13-11-23-52(54)44-31-33-46(34-32-44)68-71-70-67(73-68)45-19-7-5-8-20-45/h3-43H,1-2H2. The molecule has 10 aromatic carbocycles. The van der Waals surface area contributed by atoms with Gasteiger partial charge in [0.15, 0.2) is 0 Å². The Morgan fingerprint density at radius 3 is 1.41 bits per heavy atom. The van der Waals surface area contributed by atoms with Crippen molar-refractivity contribution in [2.45, 2.75) is 5.41 Å². The Labute approximate surface area is 423 Å². The van der Waals surface area contributed by atoms with Crippen LogP contribution in [0.2, 0.25) is 0 Å². The van der Waals surface area contributed by atoms with Crippen molar-refractivity contribution in [3.05, 3.63) is 290 Å². The SMILES string of the molecule is C=CC1=C(C=C)C2(c3cc(-c4ccc5c(c4)c4cc(-c6ccccc6-c6ccccc6-c6ccc(-c7nnc(-c8ccccc8)o7)cc6)ccc4n5-c4ccccc4)ccc31)c1ccccc1-c1ccccc12. The lowest BCUT2D eigenvalue weighted by atomic mass is 9.69. The molecule has 0 atom stereocenters. The van der Waals surface area contributed by atoms with Crippen LogP contribution in [-0.2, 0) is 5.41 Å². The Kier molecular flexibility index (Phi) is 9.70. The number of para-hydroxylation sites is 1. The van der Waals surface area contributed by atoms with E-state index in [4.69, 9.17) is 4.42 Å². The fraction of sp³-hybridized carbons (Fsp3) is 0.0145. The third-order valence-electron chi connectivity index (χ3n) is 15.2. The van der Waals surface area contributed by atoms with Gasteiger partial charge < -0.3 is 8.98 Å². The topological polar surface area (TPSA) is 43.9 Å². The summed E-state index contributed by atoms with van der Waals surface area (Å²) in [5.41, 5.74) is 23.7. The highest BCUT2D eigenvalue weighted by Crippen LogP contribution is 2.62. The van der Waals surface area contributed by atoms with E-state index in [9.17, 15) is 0 Å². The van der Waals surface area contributed by atoms with Crippen molar-refractivity contribution in [2.24, 2.45) is 0 Å². The van der Waals surface area contributed by atoms with Gasteiger partial charge in [0, 0.05) is 27.6 Å². The van der Waals surface area contributed by atoms with E-state index in [-0.39, 0.29) is 0 Å². The summed E-state index contributed by atoms with van der Waals surface area (Å²) in [5, 5.41) is 11.1. The Balaban J connectivity index is 0.894. The van der Waals surface area contributed by atoms with E-state index in [0.29, 0.717) is 11.8 Å². The van der Waals surface area contributed by atoms with Gasteiger partial charge in [-0.15, -0.1) is 10.2 Å². The van der Waals surface area contributed by atoms with E-state index in [1.54, 1.807) is 0 Å². The van der Waals surface area contributed by atoms with E-state index < -0.39 is 5.41 Å². The molecule has 12 aromatic rings. The molecule has 0 amide bonds. The van der Waals surface area contributed by atoms with Gasteiger partial charge in [0.2, 0.25) is 11.8 Å². The fourth-order valence-electron chi connectivity index (χ4n) is 12.1. The molecule has 2 heterocycles.